The Hall–Kier alpha value is -0.000000000000000111. The second kappa shape index (κ2) is 6.41. The van der Waals surface area contributed by atoms with Crippen molar-refractivity contribution in [1.29, 1.82) is 0 Å². The summed E-state index contributed by atoms with van der Waals surface area (Å²) in [6, 6.07) is 2.59. The van der Waals surface area contributed by atoms with Crippen LogP contribution in [0.5, 0.6) is 0 Å². The Kier molecular flexibility index (Phi) is 5.24. The Bertz CT molecular complexity index is 604. The van der Waals surface area contributed by atoms with Crippen molar-refractivity contribution in [3.8, 4) is 0 Å². The van der Waals surface area contributed by atoms with Crippen LogP contribution in [0.4, 0.5) is 0 Å². The van der Waals surface area contributed by atoms with Crippen molar-refractivity contribution in [3.63, 3.8) is 0 Å². The molecule has 1 N–H and O–H groups in total. The first-order valence-electron chi connectivity index (χ1n) is 6.48. The molecular weight excluding hydrogens is 341 g/mol. The lowest BCUT2D eigenvalue weighted by Gasteiger charge is -2.29. The van der Waals surface area contributed by atoms with E-state index in [0.29, 0.717) is 5.92 Å². The Morgan fingerprint density at radius 2 is 1.65 bits per heavy atom. The summed E-state index contributed by atoms with van der Waals surface area (Å²) in [4.78, 5) is -0.0219. The fraction of sp³-hybridized carbons (Fsp3) is 0.538. The van der Waals surface area contributed by atoms with E-state index in [9.17, 15) is 8.42 Å². The van der Waals surface area contributed by atoms with Gasteiger partial charge in [-0.2, -0.15) is 0 Å². The van der Waals surface area contributed by atoms with Crippen LogP contribution >= 0.6 is 34.8 Å². The lowest BCUT2D eigenvalue weighted by molar-refractivity contribution is 0.310. The van der Waals surface area contributed by atoms with Crippen molar-refractivity contribution in [2.24, 2.45) is 5.92 Å². The van der Waals surface area contributed by atoms with Gasteiger partial charge in [0.25, 0.3) is 0 Å². The van der Waals surface area contributed by atoms with Gasteiger partial charge in [-0.3, -0.25) is 0 Å². The first-order valence-corrected chi connectivity index (χ1v) is 9.10. The Labute approximate surface area is 134 Å². The fourth-order valence-electron chi connectivity index (χ4n) is 2.46. The summed E-state index contributed by atoms with van der Waals surface area (Å²) in [6.45, 7) is 2.06. The zero-order chi connectivity index (χ0) is 14.9. The van der Waals surface area contributed by atoms with Crippen LogP contribution in [0, 0.1) is 5.92 Å². The van der Waals surface area contributed by atoms with E-state index >= 15 is 0 Å². The predicted molar refractivity (Wildman–Crippen MR) is 83.2 cm³/mol. The molecule has 1 saturated carbocycles. The highest BCUT2D eigenvalue weighted by Crippen LogP contribution is 2.32. The first kappa shape index (κ1) is 16.4. The molecule has 0 radical (unpaired) electrons. The van der Waals surface area contributed by atoms with Gasteiger partial charge in [-0.1, -0.05) is 54.6 Å². The molecule has 112 valence electrons. The van der Waals surface area contributed by atoms with E-state index in [2.05, 4.69) is 11.6 Å². The van der Waals surface area contributed by atoms with E-state index in [1.807, 2.05) is 0 Å². The second-order valence-corrected chi connectivity index (χ2v) is 8.09. The largest absolute Gasteiger partial charge is 0.242 e. The minimum absolute atomic E-state index is 0.0219. The normalized spacial score (nSPS) is 23.8. The standard InChI is InChI=1S/C13H16Cl3NO2S/c1-8-4-2-3-5-12(8)17-20(18,19)13-7-10(15)9(14)6-11(13)16/h6-8,12,17H,2-5H2,1H3. The summed E-state index contributed by atoms with van der Waals surface area (Å²) in [5.41, 5.74) is 0. The zero-order valence-corrected chi connectivity index (χ0v) is 14.1. The van der Waals surface area contributed by atoms with Crippen molar-refractivity contribution < 1.29 is 8.42 Å². The molecule has 0 amide bonds. The van der Waals surface area contributed by atoms with Crippen LogP contribution < -0.4 is 4.72 Å². The van der Waals surface area contributed by atoms with E-state index in [1.165, 1.54) is 12.1 Å². The van der Waals surface area contributed by atoms with Crippen LogP contribution in [-0.2, 0) is 10.0 Å². The van der Waals surface area contributed by atoms with Crippen molar-refractivity contribution >= 4 is 44.8 Å². The molecule has 0 saturated heterocycles. The molecular formula is C13H16Cl3NO2S. The maximum atomic E-state index is 12.4. The SMILES string of the molecule is CC1CCCCC1NS(=O)(=O)c1cc(Cl)c(Cl)cc1Cl. The molecule has 1 aromatic rings. The van der Waals surface area contributed by atoms with Crippen LogP contribution in [0.1, 0.15) is 32.6 Å². The third-order valence-electron chi connectivity index (χ3n) is 3.68. The van der Waals surface area contributed by atoms with Gasteiger partial charge in [0.15, 0.2) is 0 Å². The van der Waals surface area contributed by atoms with Crippen LogP contribution in [0.15, 0.2) is 17.0 Å². The van der Waals surface area contributed by atoms with Gasteiger partial charge in [-0.15, -0.1) is 0 Å². The number of halogens is 3. The molecule has 0 aliphatic heterocycles. The monoisotopic (exact) mass is 355 g/mol. The minimum atomic E-state index is -3.69. The highest BCUT2D eigenvalue weighted by atomic mass is 35.5. The van der Waals surface area contributed by atoms with Gasteiger partial charge in [0.1, 0.15) is 4.90 Å². The number of nitrogens with one attached hydrogen (secondary N) is 1. The van der Waals surface area contributed by atoms with Crippen LogP contribution in [-0.4, -0.2) is 14.5 Å². The molecule has 1 aliphatic carbocycles. The zero-order valence-electron chi connectivity index (χ0n) is 11.0. The summed E-state index contributed by atoms with van der Waals surface area (Å²) in [5.74, 6) is 0.320. The lowest BCUT2D eigenvalue weighted by Crippen LogP contribution is -2.41. The lowest BCUT2D eigenvalue weighted by atomic mass is 9.87. The van der Waals surface area contributed by atoms with Gasteiger partial charge >= 0.3 is 0 Å². The molecule has 2 atom stereocenters. The maximum absolute atomic E-state index is 12.4. The third-order valence-corrected chi connectivity index (χ3v) is 6.36. The Balaban J connectivity index is 2.28. The summed E-state index contributed by atoms with van der Waals surface area (Å²) in [5, 5.41) is 0.491. The van der Waals surface area contributed by atoms with Gasteiger partial charge < -0.3 is 0 Å². The van der Waals surface area contributed by atoms with Gasteiger partial charge in [0.2, 0.25) is 10.0 Å². The predicted octanol–water partition coefficient (Wildman–Crippen LogP) is 4.50. The number of sulfonamides is 1. The molecule has 2 unspecified atom stereocenters. The van der Waals surface area contributed by atoms with Crippen LogP contribution in [0.2, 0.25) is 15.1 Å². The first-order chi connectivity index (χ1) is 9.31. The van der Waals surface area contributed by atoms with E-state index in [1.54, 1.807) is 0 Å². The molecule has 7 heteroatoms. The second-order valence-electron chi connectivity index (χ2n) is 5.19. The molecule has 1 fully saturated rings. The Morgan fingerprint density at radius 3 is 2.30 bits per heavy atom. The molecule has 0 bridgehead atoms. The summed E-state index contributed by atoms with van der Waals surface area (Å²) in [7, 11) is -3.69. The quantitative estimate of drug-likeness (QED) is 0.810. The average molecular weight is 357 g/mol. The third kappa shape index (κ3) is 3.60. The summed E-state index contributed by atoms with van der Waals surface area (Å²) >= 11 is 17.7. The number of rotatable bonds is 3. The van der Waals surface area contributed by atoms with E-state index < -0.39 is 10.0 Å². The highest BCUT2D eigenvalue weighted by molar-refractivity contribution is 7.89. The number of benzene rings is 1. The van der Waals surface area contributed by atoms with E-state index in [4.69, 9.17) is 34.8 Å². The Morgan fingerprint density at radius 1 is 1.05 bits per heavy atom. The average Bonchev–Trinajstić information content (AvgIpc) is 2.36. The fourth-order valence-corrected chi connectivity index (χ4v) is 4.84. The number of hydrogen-bond donors (Lipinski definition) is 1. The summed E-state index contributed by atoms with van der Waals surface area (Å²) < 4.78 is 27.6. The van der Waals surface area contributed by atoms with Crippen molar-refractivity contribution in [2.75, 3.05) is 0 Å². The van der Waals surface area contributed by atoms with E-state index in [0.717, 1.165) is 25.7 Å². The maximum Gasteiger partial charge on any atom is 0.242 e. The minimum Gasteiger partial charge on any atom is -0.208 e. The van der Waals surface area contributed by atoms with E-state index in [-0.39, 0.29) is 26.0 Å². The molecule has 0 aromatic heterocycles. The van der Waals surface area contributed by atoms with Crippen molar-refractivity contribution in [2.45, 2.75) is 43.5 Å². The molecule has 2 rings (SSSR count). The molecule has 1 aliphatic rings. The van der Waals surface area contributed by atoms with Crippen LogP contribution in [0.3, 0.4) is 0 Å². The topological polar surface area (TPSA) is 46.2 Å². The molecule has 1 aromatic carbocycles. The van der Waals surface area contributed by atoms with Crippen molar-refractivity contribution in [3.05, 3.63) is 27.2 Å². The van der Waals surface area contributed by atoms with Gasteiger partial charge in [-0.25, -0.2) is 13.1 Å². The van der Waals surface area contributed by atoms with Gasteiger partial charge in [0.05, 0.1) is 15.1 Å². The molecule has 20 heavy (non-hydrogen) atoms. The van der Waals surface area contributed by atoms with Gasteiger partial charge in [-0.05, 0) is 30.9 Å². The summed E-state index contributed by atoms with van der Waals surface area (Å²) in [6.07, 6.45) is 4.06. The molecule has 3 nitrogen and oxygen atoms in total. The van der Waals surface area contributed by atoms with Gasteiger partial charge in [0, 0.05) is 6.04 Å². The van der Waals surface area contributed by atoms with Crippen LogP contribution in [0.25, 0.3) is 0 Å². The smallest absolute Gasteiger partial charge is 0.208 e. The molecule has 0 spiro atoms. The molecule has 0 heterocycles. The number of hydrogen-bond acceptors (Lipinski definition) is 2. The van der Waals surface area contributed by atoms with Crippen molar-refractivity contribution in [1.82, 2.24) is 4.72 Å². The highest BCUT2D eigenvalue weighted by Gasteiger charge is 2.28.